The maximum atomic E-state index is 5.05. The maximum Gasteiger partial charge on any atom is 0.0371 e. The summed E-state index contributed by atoms with van der Waals surface area (Å²) >= 11 is 0. The molecule has 0 amide bonds. The molecule has 0 saturated heterocycles. The van der Waals surface area contributed by atoms with Gasteiger partial charge in [-0.2, -0.15) is 0 Å². The first-order valence-corrected chi connectivity index (χ1v) is 10.9. The van der Waals surface area contributed by atoms with Crippen molar-refractivity contribution in [2.24, 2.45) is 0 Å². The van der Waals surface area contributed by atoms with E-state index in [1.807, 2.05) is 6.07 Å². The van der Waals surface area contributed by atoms with E-state index in [9.17, 15) is 0 Å². The molecular weight excluding hydrogens is 581 g/mol. The minimum atomic E-state index is 0. The van der Waals surface area contributed by atoms with Crippen LogP contribution in [0.3, 0.4) is 0 Å². The average molecular weight is 601 g/mol. The van der Waals surface area contributed by atoms with Gasteiger partial charge in [-0.3, -0.25) is 0 Å². The van der Waals surface area contributed by atoms with Crippen LogP contribution < -0.4 is 0 Å². The Morgan fingerprint density at radius 1 is 0.697 bits per heavy atom. The van der Waals surface area contributed by atoms with Crippen LogP contribution in [0, 0.1) is 25.0 Å². The molecule has 0 saturated carbocycles. The molecule has 1 aliphatic rings. The maximum absolute atomic E-state index is 5.05. The van der Waals surface area contributed by atoms with Crippen molar-refractivity contribution in [1.29, 1.82) is 0 Å². The van der Waals surface area contributed by atoms with Crippen molar-refractivity contribution in [3.05, 3.63) is 132 Å². The normalized spacial score (nSPS) is 12.7. The fourth-order valence-electron chi connectivity index (χ4n) is 4.27. The van der Waals surface area contributed by atoms with Gasteiger partial charge in [-0.1, -0.05) is 36.4 Å². The van der Waals surface area contributed by atoms with Gasteiger partial charge in [0, 0.05) is 37.9 Å². The van der Waals surface area contributed by atoms with E-state index < -0.39 is 0 Å². The number of hydrogen-bond donors (Lipinski definition) is 0. The Morgan fingerprint density at radius 3 is 2.52 bits per heavy atom. The molecule has 0 unspecified atom stereocenters. The Kier molecular flexibility index (Phi) is 6.17. The number of hydrogen-bond acceptors (Lipinski definition) is 2. The second-order valence-electron chi connectivity index (χ2n) is 8.08. The zero-order valence-electron chi connectivity index (χ0n) is 17.9. The molecule has 6 rings (SSSR count). The van der Waals surface area contributed by atoms with Crippen molar-refractivity contribution in [2.45, 2.75) is 12.8 Å². The number of pyridine rings is 2. The van der Waals surface area contributed by atoms with Gasteiger partial charge in [0.25, 0.3) is 0 Å². The van der Waals surface area contributed by atoms with E-state index in [1.165, 1.54) is 5.39 Å². The predicted molar refractivity (Wildman–Crippen MR) is 129 cm³/mol. The number of nitrogens with zero attached hydrogens (tertiary/aromatic N) is 2. The van der Waals surface area contributed by atoms with Crippen molar-refractivity contribution in [2.75, 3.05) is 0 Å². The fourth-order valence-corrected chi connectivity index (χ4v) is 4.27. The van der Waals surface area contributed by atoms with E-state index in [0.717, 1.165) is 63.3 Å². The summed E-state index contributed by atoms with van der Waals surface area (Å²) in [6.07, 6.45) is 6.01. The van der Waals surface area contributed by atoms with Gasteiger partial charge in [0.2, 0.25) is 0 Å². The molecule has 3 radical (unpaired) electrons. The van der Waals surface area contributed by atoms with Crippen LogP contribution in [0.1, 0.15) is 22.5 Å². The molecule has 2 nitrogen and oxygen atoms in total. The minimum Gasteiger partial charge on any atom is -0.301 e. The van der Waals surface area contributed by atoms with Gasteiger partial charge in [-0.15, -0.1) is 70.8 Å². The number of fused-ring (bicyclic) bond motifs is 12. The summed E-state index contributed by atoms with van der Waals surface area (Å²) in [6, 6.07) is 36.4. The van der Waals surface area contributed by atoms with Crippen LogP contribution >= 0.6 is 0 Å². The molecule has 3 aromatic carbocycles. The second kappa shape index (κ2) is 9.39. The summed E-state index contributed by atoms with van der Waals surface area (Å²) in [5.74, 6) is 0. The molecule has 8 bridgehead atoms. The first-order valence-electron chi connectivity index (χ1n) is 10.9. The Morgan fingerprint density at radius 2 is 1.55 bits per heavy atom. The molecule has 5 aromatic rings. The van der Waals surface area contributed by atoms with Crippen molar-refractivity contribution < 1.29 is 20.1 Å². The standard InChI is InChI=1S/C30H20N2.Ir/c1-2-15-28-23(10-1)20-27-19-22-9-4-11-24(18-22)29-16-6-14-26(31-29)13-5-8-21-7-3-12-25(17-21)30(28)32-27;/h1-7,9-12,14-16,19-20H,8,13H2;/q-2;. The number of benzene rings is 3. The van der Waals surface area contributed by atoms with Crippen molar-refractivity contribution in [3.63, 3.8) is 0 Å². The molecule has 3 heterocycles. The zero-order valence-corrected chi connectivity index (χ0v) is 20.3. The topological polar surface area (TPSA) is 25.8 Å². The van der Waals surface area contributed by atoms with E-state index >= 15 is 0 Å². The molecule has 0 aliphatic carbocycles. The van der Waals surface area contributed by atoms with Crippen LogP contribution in [0.2, 0.25) is 0 Å². The van der Waals surface area contributed by atoms with Gasteiger partial charge in [0.1, 0.15) is 0 Å². The first-order chi connectivity index (χ1) is 15.8. The largest absolute Gasteiger partial charge is 0.301 e. The Bertz CT molecular complexity index is 1440. The molecular formula is C30H20IrN2-2. The summed E-state index contributed by atoms with van der Waals surface area (Å²) in [6.45, 7) is 0. The van der Waals surface area contributed by atoms with Crippen LogP contribution in [0.25, 0.3) is 33.3 Å². The average Bonchev–Trinajstić information content (AvgIpc) is 2.84. The molecule has 161 valence electrons. The van der Waals surface area contributed by atoms with Crippen molar-refractivity contribution >= 4 is 10.8 Å². The first kappa shape index (κ1) is 21.7. The van der Waals surface area contributed by atoms with E-state index in [2.05, 4.69) is 104 Å². The summed E-state index contributed by atoms with van der Waals surface area (Å²) < 4.78 is 0. The SMILES string of the molecule is [Ir].[c-]1c2cccc1-c1cccc(n1)C[CH]Cc1[c-]c(ccc1)-c1nc(cc3ccccc13)[CH]2. The Balaban J connectivity index is 0.00000228. The van der Waals surface area contributed by atoms with Gasteiger partial charge in [0.15, 0.2) is 0 Å². The molecule has 33 heavy (non-hydrogen) atoms. The predicted octanol–water partition coefficient (Wildman–Crippen LogP) is 6.47. The summed E-state index contributed by atoms with van der Waals surface area (Å²) in [4.78, 5) is 9.92. The summed E-state index contributed by atoms with van der Waals surface area (Å²) in [7, 11) is 0. The summed E-state index contributed by atoms with van der Waals surface area (Å²) in [5.41, 5.74) is 8.03. The third-order valence-electron chi connectivity index (χ3n) is 5.79. The van der Waals surface area contributed by atoms with E-state index in [4.69, 9.17) is 9.97 Å². The Hall–Kier alpha value is -3.13. The third kappa shape index (κ3) is 4.52. The van der Waals surface area contributed by atoms with Crippen LogP contribution in [-0.4, -0.2) is 9.97 Å². The Labute approximate surface area is 208 Å². The molecule has 1 aliphatic heterocycles. The quantitative estimate of drug-likeness (QED) is 0.191. The third-order valence-corrected chi connectivity index (χ3v) is 5.79. The molecule has 0 N–H and O–H groups in total. The van der Waals surface area contributed by atoms with Crippen LogP contribution in [-0.2, 0) is 32.9 Å². The van der Waals surface area contributed by atoms with Gasteiger partial charge < -0.3 is 9.97 Å². The fraction of sp³-hybridized carbons (Fsp3) is 0.0667. The molecule has 3 heteroatoms. The van der Waals surface area contributed by atoms with Gasteiger partial charge in [-0.05, 0) is 53.6 Å². The van der Waals surface area contributed by atoms with Crippen molar-refractivity contribution in [1.82, 2.24) is 9.97 Å². The zero-order chi connectivity index (χ0) is 21.3. The second-order valence-corrected chi connectivity index (χ2v) is 8.08. The van der Waals surface area contributed by atoms with E-state index in [-0.39, 0.29) is 20.1 Å². The monoisotopic (exact) mass is 601 g/mol. The van der Waals surface area contributed by atoms with Gasteiger partial charge in [0.05, 0.1) is 0 Å². The van der Waals surface area contributed by atoms with Gasteiger partial charge in [-0.25, -0.2) is 0 Å². The molecule has 0 spiro atoms. The van der Waals surface area contributed by atoms with Crippen LogP contribution in [0.15, 0.2) is 84.9 Å². The van der Waals surface area contributed by atoms with Crippen LogP contribution in [0.5, 0.6) is 0 Å². The smallest absolute Gasteiger partial charge is 0.0371 e. The van der Waals surface area contributed by atoms with E-state index in [0.29, 0.717) is 0 Å². The molecule has 2 aromatic heterocycles. The summed E-state index contributed by atoms with van der Waals surface area (Å²) in [5, 5.41) is 2.31. The molecule has 0 atom stereocenters. The van der Waals surface area contributed by atoms with Gasteiger partial charge >= 0.3 is 0 Å². The van der Waals surface area contributed by atoms with Crippen LogP contribution in [0.4, 0.5) is 0 Å². The van der Waals surface area contributed by atoms with Crippen molar-refractivity contribution in [3.8, 4) is 22.5 Å². The number of rotatable bonds is 0. The molecule has 0 fully saturated rings. The number of aromatic nitrogens is 2. The van der Waals surface area contributed by atoms with E-state index in [1.54, 1.807) is 0 Å². The minimum absolute atomic E-state index is 0.